The Morgan fingerprint density at radius 1 is 1.44 bits per heavy atom. The van der Waals surface area contributed by atoms with E-state index in [0.717, 1.165) is 11.8 Å². The van der Waals surface area contributed by atoms with Crippen LogP contribution in [-0.4, -0.2) is 42.9 Å². The quantitative estimate of drug-likeness (QED) is 0.806. The van der Waals surface area contributed by atoms with E-state index < -0.39 is 21.0 Å². The fourth-order valence-electron chi connectivity index (χ4n) is 1.54. The number of nitrogens with zero attached hydrogens (tertiary/aromatic N) is 2. The van der Waals surface area contributed by atoms with Gasteiger partial charge in [-0.2, -0.15) is 0 Å². The molecule has 7 heteroatoms. The third-order valence-corrected chi connectivity index (χ3v) is 4.43. The molecule has 0 aliphatic heterocycles. The van der Waals surface area contributed by atoms with Gasteiger partial charge in [-0.15, -0.1) is 0 Å². The van der Waals surface area contributed by atoms with E-state index in [0.29, 0.717) is 18.0 Å². The molecule has 1 amide bonds. The number of hydrogen-bond donors (Lipinski definition) is 0. The van der Waals surface area contributed by atoms with Crippen LogP contribution in [-0.2, 0) is 21.2 Å². The molecule has 102 valence electrons. The monoisotopic (exact) mass is 274 g/mol. The van der Waals surface area contributed by atoms with Crippen LogP contribution in [0.3, 0.4) is 0 Å². The molecule has 1 atom stereocenters. The zero-order chi connectivity index (χ0) is 14.1. The maximum Gasteiger partial charge on any atom is 0.240 e. The topological polar surface area (TPSA) is 80.5 Å². The van der Waals surface area contributed by atoms with E-state index in [9.17, 15) is 13.2 Å². The van der Waals surface area contributed by atoms with Crippen LogP contribution in [0.1, 0.15) is 23.9 Å². The van der Waals surface area contributed by atoms with Crippen LogP contribution >= 0.6 is 0 Å². The average Bonchev–Trinajstić information content (AvgIpc) is 2.57. The number of carbonyl (C=O) groups excluding carboxylic acids is 1. The third-order valence-electron chi connectivity index (χ3n) is 2.94. The van der Waals surface area contributed by atoms with E-state index >= 15 is 0 Å². The maximum absolute atomic E-state index is 11.9. The van der Waals surface area contributed by atoms with Crippen molar-refractivity contribution in [2.24, 2.45) is 0 Å². The number of aryl methyl sites for hydroxylation is 2. The van der Waals surface area contributed by atoms with E-state index in [4.69, 9.17) is 4.52 Å². The predicted molar refractivity (Wildman–Crippen MR) is 66.8 cm³/mol. The molecule has 0 aromatic carbocycles. The highest BCUT2D eigenvalue weighted by Gasteiger charge is 2.27. The lowest BCUT2D eigenvalue weighted by molar-refractivity contribution is -0.129. The first-order chi connectivity index (χ1) is 8.14. The van der Waals surface area contributed by atoms with E-state index in [1.807, 2.05) is 0 Å². The van der Waals surface area contributed by atoms with Crippen molar-refractivity contribution in [2.75, 3.05) is 13.3 Å². The highest BCUT2D eigenvalue weighted by atomic mass is 32.2. The Bertz CT molecular complexity index is 528. The van der Waals surface area contributed by atoms with Crippen molar-refractivity contribution in [1.82, 2.24) is 10.1 Å². The Balaban J connectivity index is 2.84. The van der Waals surface area contributed by atoms with Crippen molar-refractivity contribution in [1.29, 1.82) is 0 Å². The van der Waals surface area contributed by atoms with Gasteiger partial charge in [0.25, 0.3) is 0 Å². The summed E-state index contributed by atoms with van der Waals surface area (Å²) in [7, 11) is -1.81. The second kappa shape index (κ2) is 5.09. The van der Waals surface area contributed by atoms with E-state index in [1.54, 1.807) is 20.9 Å². The first-order valence-corrected chi connectivity index (χ1v) is 7.45. The maximum atomic E-state index is 11.9. The zero-order valence-electron chi connectivity index (χ0n) is 11.2. The van der Waals surface area contributed by atoms with Gasteiger partial charge in [-0.1, -0.05) is 5.16 Å². The lowest BCUT2D eigenvalue weighted by atomic mass is 10.2. The molecule has 0 fully saturated rings. The molecule has 0 aliphatic rings. The van der Waals surface area contributed by atoms with Crippen molar-refractivity contribution in [2.45, 2.75) is 32.6 Å². The predicted octanol–water partition coefficient (Wildman–Crippen LogP) is 0.683. The van der Waals surface area contributed by atoms with Gasteiger partial charge in [-0.3, -0.25) is 4.79 Å². The standard InChI is InChI=1S/C11H18N2O4S/c1-7-10(8(2)17-12-7)6-13(4)11(14)9(3)18(5,15)16/h9H,6H2,1-5H3/t9-/m1/s1. The summed E-state index contributed by atoms with van der Waals surface area (Å²) in [4.78, 5) is 13.3. The Labute approximate surface area is 107 Å². The van der Waals surface area contributed by atoms with Crippen LogP contribution < -0.4 is 0 Å². The summed E-state index contributed by atoms with van der Waals surface area (Å²) < 4.78 is 27.7. The van der Waals surface area contributed by atoms with Gasteiger partial charge >= 0.3 is 0 Å². The fourth-order valence-corrected chi connectivity index (χ4v) is 2.08. The highest BCUT2D eigenvalue weighted by molar-refractivity contribution is 7.92. The van der Waals surface area contributed by atoms with E-state index in [-0.39, 0.29) is 0 Å². The molecule has 1 heterocycles. The van der Waals surface area contributed by atoms with Gasteiger partial charge in [0.15, 0.2) is 9.84 Å². The normalized spacial score (nSPS) is 13.4. The van der Waals surface area contributed by atoms with Crippen LogP contribution in [0.25, 0.3) is 0 Å². The fraction of sp³-hybridized carbons (Fsp3) is 0.636. The summed E-state index contributed by atoms with van der Waals surface area (Å²) in [6.45, 7) is 5.22. The molecule has 0 bridgehead atoms. The lowest BCUT2D eigenvalue weighted by Gasteiger charge is -2.20. The van der Waals surface area contributed by atoms with Crippen molar-refractivity contribution in [3.63, 3.8) is 0 Å². The van der Waals surface area contributed by atoms with Gasteiger partial charge < -0.3 is 9.42 Å². The number of aromatic nitrogens is 1. The van der Waals surface area contributed by atoms with Gasteiger partial charge in [-0.25, -0.2) is 8.42 Å². The Morgan fingerprint density at radius 2 is 2.00 bits per heavy atom. The summed E-state index contributed by atoms with van der Waals surface area (Å²) in [6.07, 6.45) is 1.05. The average molecular weight is 274 g/mol. The summed E-state index contributed by atoms with van der Waals surface area (Å²) in [6, 6.07) is 0. The van der Waals surface area contributed by atoms with Crippen LogP contribution in [0.2, 0.25) is 0 Å². The van der Waals surface area contributed by atoms with Crippen molar-refractivity contribution >= 4 is 15.7 Å². The van der Waals surface area contributed by atoms with E-state index in [2.05, 4.69) is 5.16 Å². The molecular formula is C11H18N2O4S. The number of rotatable bonds is 4. The van der Waals surface area contributed by atoms with Crippen LogP contribution in [0.4, 0.5) is 0 Å². The van der Waals surface area contributed by atoms with Crippen LogP contribution in [0, 0.1) is 13.8 Å². The summed E-state index contributed by atoms with van der Waals surface area (Å²) in [5, 5.41) is 2.75. The molecule has 1 aromatic heterocycles. The molecule has 0 spiro atoms. The minimum absolute atomic E-state index is 0.292. The van der Waals surface area contributed by atoms with Crippen molar-refractivity contribution < 1.29 is 17.7 Å². The second-order valence-electron chi connectivity index (χ2n) is 4.47. The molecule has 6 nitrogen and oxygen atoms in total. The Morgan fingerprint density at radius 3 is 2.39 bits per heavy atom. The summed E-state index contributed by atoms with van der Waals surface area (Å²) in [5.41, 5.74) is 1.52. The molecule has 0 saturated heterocycles. The van der Waals surface area contributed by atoms with Crippen LogP contribution in [0.5, 0.6) is 0 Å². The van der Waals surface area contributed by atoms with Gasteiger partial charge in [0.2, 0.25) is 5.91 Å². The minimum Gasteiger partial charge on any atom is -0.361 e. The molecule has 0 N–H and O–H groups in total. The summed E-state index contributed by atoms with van der Waals surface area (Å²) >= 11 is 0. The van der Waals surface area contributed by atoms with Gasteiger partial charge in [-0.05, 0) is 20.8 Å². The zero-order valence-corrected chi connectivity index (χ0v) is 12.0. The number of hydrogen-bond acceptors (Lipinski definition) is 5. The summed E-state index contributed by atoms with van der Waals surface area (Å²) in [5.74, 6) is 0.205. The number of sulfone groups is 1. The molecule has 0 unspecified atom stereocenters. The second-order valence-corrected chi connectivity index (χ2v) is 6.83. The molecular weight excluding hydrogens is 256 g/mol. The molecule has 1 aromatic rings. The Hall–Kier alpha value is -1.37. The van der Waals surface area contributed by atoms with Crippen LogP contribution in [0.15, 0.2) is 4.52 Å². The molecule has 0 saturated carbocycles. The molecule has 18 heavy (non-hydrogen) atoms. The van der Waals surface area contributed by atoms with Gasteiger partial charge in [0, 0.05) is 18.9 Å². The molecule has 0 aliphatic carbocycles. The van der Waals surface area contributed by atoms with Gasteiger partial charge in [0.05, 0.1) is 12.2 Å². The third kappa shape index (κ3) is 3.10. The highest BCUT2D eigenvalue weighted by Crippen LogP contribution is 2.15. The first kappa shape index (κ1) is 14.7. The largest absolute Gasteiger partial charge is 0.361 e. The molecule has 0 radical (unpaired) electrons. The number of carbonyl (C=O) groups is 1. The van der Waals surface area contributed by atoms with Crippen molar-refractivity contribution in [3.05, 3.63) is 17.0 Å². The lowest BCUT2D eigenvalue weighted by Crippen LogP contribution is -2.38. The van der Waals surface area contributed by atoms with E-state index in [1.165, 1.54) is 11.8 Å². The first-order valence-electron chi connectivity index (χ1n) is 5.50. The minimum atomic E-state index is -3.38. The molecule has 1 rings (SSSR count). The van der Waals surface area contributed by atoms with Gasteiger partial charge in [0.1, 0.15) is 11.0 Å². The number of amides is 1. The SMILES string of the molecule is Cc1noc(C)c1CN(C)C(=O)[C@@H](C)S(C)(=O)=O. The Kier molecular flexibility index (Phi) is 4.16. The van der Waals surface area contributed by atoms with Crippen molar-refractivity contribution in [3.8, 4) is 0 Å². The smallest absolute Gasteiger partial charge is 0.240 e.